The first-order valence-corrected chi connectivity index (χ1v) is 6.90. The minimum absolute atomic E-state index is 0.0736. The molecule has 0 unspecified atom stereocenters. The van der Waals surface area contributed by atoms with Crippen LogP contribution in [0.25, 0.3) is 0 Å². The molecule has 1 saturated heterocycles. The number of halogens is 4. The quantitative estimate of drug-likeness (QED) is 0.850. The maximum Gasteiger partial charge on any atom is 0.422 e. The predicted molar refractivity (Wildman–Crippen MR) is 72.1 cm³/mol. The van der Waals surface area contributed by atoms with Crippen molar-refractivity contribution < 1.29 is 27.4 Å². The van der Waals surface area contributed by atoms with Gasteiger partial charge in [0.15, 0.2) is 6.61 Å². The Morgan fingerprint density at radius 2 is 2.32 bits per heavy atom. The molecule has 1 atom stereocenters. The Morgan fingerprint density at radius 3 is 2.91 bits per heavy atom. The van der Waals surface area contributed by atoms with Crippen LogP contribution in [0.15, 0.2) is 12.3 Å². The van der Waals surface area contributed by atoms with Crippen LogP contribution in [0.5, 0.6) is 5.88 Å². The van der Waals surface area contributed by atoms with Crippen LogP contribution in [0.3, 0.4) is 0 Å². The Hall–Kier alpha value is -1.54. The molecule has 1 aliphatic heterocycles. The fraction of sp³-hybridized carbons (Fsp3) is 0.538. The van der Waals surface area contributed by atoms with Crippen molar-refractivity contribution in [2.45, 2.75) is 19.2 Å². The Labute approximate surface area is 130 Å². The monoisotopic (exact) mass is 338 g/mol. The molecule has 2 rings (SSSR count). The number of alkyl halides is 3. The number of morpholine rings is 1. The molecule has 1 aromatic rings. The zero-order chi connectivity index (χ0) is 16.3. The highest BCUT2D eigenvalue weighted by Crippen LogP contribution is 2.25. The van der Waals surface area contributed by atoms with Gasteiger partial charge in [-0.1, -0.05) is 11.6 Å². The maximum absolute atomic E-state index is 12.3. The second kappa shape index (κ2) is 6.70. The minimum atomic E-state index is -4.48. The number of rotatable bonds is 3. The summed E-state index contributed by atoms with van der Waals surface area (Å²) in [5.41, 5.74) is 0.193. The first kappa shape index (κ1) is 16.8. The molecule has 0 bridgehead atoms. The summed E-state index contributed by atoms with van der Waals surface area (Å²) >= 11 is 5.82. The third kappa shape index (κ3) is 4.48. The van der Waals surface area contributed by atoms with Gasteiger partial charge in [0.1, 0.15) is 5.02 Å². The molecule has 0 saturated carbocycles. The van der Waals surface area contributed by atoms with Crippen LogP contribution in [0.2, 0.25) is 5.02 Å². The van der Waals surface area contributed by atoms with Crippen molar-refractivity contribution in [3.63, 3.8) is 0 Å². The molecule has 0 spiro atoms. The van der Waals surface area contributed by atoms with Crippen molar-refractivity contribution in [3.05, 3.63) is 22.8 Å². The molecule has 0 N–H and O–H groups in total. The van der Waals surface area contributed by atoms with Crippen LogP contribution < -0.4 is 4.74 Å². The zero-order valence-corrected chi connectivity index (χ0v) is 12.4. The lowest BCUT2D eigenvalue weighted by molar-refractivity contribution is -0.154. The summed E-state index contributed by atoms with van der Waals surface area (Å²) in [4.78, 5) is 17.5. The van der Waals surface area contributed by atoms with E-state index in [0.29, 0.717) is 19.7 Å². The van der Waals surface area contributed by atoms with Gasteiger partial charge in [-0.3, -0.25) is 4.79 Å². The number of ether oxygens (including phenoxy) is 2. The molecule has 0 aromatic carbocycles. The van der Waals surface area contributed by atoms with E-state index in [4.69, 9.17) is 16.3 Å². The topological polar surface area (TPSA) is 51.7 Å². The van der Waals surface area contributed by atoms with E-state index in [-0.39, 0.29) is 28.5 Å². The lowest BCUT2D eigenvalue weighted by atomic mass is 10.2. The fourth-order valence-electron chi connectivity index (χ4n) is 1.98. The lowest BCUT2D eigenvalue weighted by Crippen LogP contribution is -2.44. The van der Waals surface area contributed by atoms with Gasteiger partial charge in [-0.2, -0.15) is 13.2 Å². The molecule has 1 fully saturated rings. The van der Waals surface area contributed by atoms with E-state index in [1.807, 2.05) is 6.92 Å². The Kier molecular flexibility index (Phi) is 5.12. The summed E-state index contributed by atoms with van der Waals surface area (Å²) in [5.74, 6) is -0.655. The second-order valence-corrected chi connectivity index (χ2v) is 5.25. The van der Waals surface area contributed by atoms with Crippen molar-refractivity contribution in [2.75, 3.05) is 26.3 Å². The third-order valence-electron chi connectivity index (χ3n) is 2.96. The number of aromatic nitrogens is 1. The highest BCUT2D eigenvalue weighted by Gasteiger charge is 2.29. The van der Waals surface area contributed by atoms with Gasteiger partial charge >= 0.3 is 6.18 Å². The summed E-state index contributed by atoms with van der Waals surface area (Å²) in [6.07, 6.45) is -3.40. The molecule has 1 aliphatic rings. The van der Waals surface area contributed by atoms with Crippen molar-refractivity contribution in [2.24, 2.45) is 0 Å². The van der Waals surface area contributed by atoms with E-state index in [9.17, 15) is 18.0 Å². The smallest absolute Gasteiger partial charge is 0.422 e. The summed E-state index contributed by atoms with van der Waals surface area (Å²) in [6, 6.07) is 1.25. The van der Waals surface area contributed by atoms with Gasteiger partial charge in [0.25, 0.3) is 5.91 Å². The lowest BCUT2D eigenvalue weighted by Gasteiger charge is -2.31. The van der Waals surface area contributed by atoms with Crippen molar-refractivity contribution >= 4 is 17.5 Å². The molecule has 122 valence electrons. The molecular formula is C13H14ClF3N2O3. The van der Waals surface area contributed by atoms with E-state index in [0.717, 1.165) is 6.20 Å². The van der Waals surface area contributed by atoms with Gasteiger partial charge in [0.05, 0.1) is 18.3 Å². The normalized spacial score (nSPS) is 19.1. The Balaban J connectivity index is 2.06. The van der Waals surface area contributed by atoms with Crippen LogP contribution in [0, 0.1) is 0 Å². The number of carbonyl (C=O) groups is 1. The van der Waals surface area contributed by atoms with Crippen molar-refractivity contribution in [3.8, 4) is 5.88 Å². The number of nitrogens with zero attached hydrogens (tertiary/aromatic N) is 2. The standard InChI is InChI=1S/C13H14ClF3N2O3/c1-8-6-19(2-3-21-8)12(20)9-4-10(14)11(18-5-9)22-7-13(15,16)17/h4-5,8H,2-3,6-7H2,1H3/t8-/m1/s1. The van der Waals surface area contributed by atoms with Crippen LogP contribution in [-0.4, -0.2) is 54.4 Å². The van der Waals surface area contributed by atoms with E-state index in [2.05, 4.69) is 9.72 Å². The summed E-state index contributed by atoms with van der Waals surface area (Å²) in [5, 5.41) is -0.142. The summed E-state index contributed by atoms with van der Waals surface area (Å²) < 4.78 is 46.1. The minimum Gasteiger partial charge on any atom is -0.467 e. The average molecular weight is 339 g/mol. The van der Waals surface area contributed by atoms with E-state index >= 15 is 0 Å². The predicted octanol–water partition coefficient (Wildman–Crippen LogP) is 2.54. The summed E-state index contributed by atoms with van der Waals surface area (Å²) in [6.45, 7) is 1.66. The SMILES string of the molecule is C[C@@H]1CN(C(=O)c2cnc(OCC(F)(F)F)c(Cl)c2)CCO1. The molecule has 0 aliphatic carbocycles. The molecule has 2 heterocycles. The highest BCUT2D eigenvalue weighted by molar-refractivity contribution is 6.32. The average Bonchev–Trinajstić information content (AvgIpc) is 2.44. The number of hydrogen-bond donors (Lipinski definition) is 0. The van der Waals surface area contributed by atoms with Crippen molar-refractivity contribution in [1.82, 2.24) is 9.88 Å². The van der Waals surface area contributed by atoms with Gasteiger partial charge in [0, 0.05) is 19.3 Å². The van der Waals surface area contributed by atoms with Gasteiger partial charge in [-0.15, -0.1) is 0 Å². The van der Waals surface area contributed by atoms with E-state index in [1.165, 1.54) is 6.07 Å². The molecule has 22 heavy (non-hydrogen) atoms. The van der Waals surface area contributed by atoms with Gasteiger partial charge in [-0.25, -0.2) is 4.98 Å². The van der Waals surface area contributed by atoms with E-state index in [1.54, 1.807) is 4.90 Å². The molecule has 9 heteroatoms. The fourth-order valence-corrected chi connectivity index (χ4v) is 2.21. The van der Waals surface area contributed by atoms with Crippen molar-refractivity contribution in [1.29, 1.82) is 0 Å². The number of hydrogen-bond acceptors (Lipinski definition) is 4. The molecule has 1 amide bonds. The number of amides is 1. The first-order chi connectivity index (χ1) is 10.3. The summed E-state index contributed by atoms with van der Waals surface area (Å²) in [7, 11) is 0. The second-order valence-electron chi connectivity index (χ2n) is 4.85. The molecule has 0 radical (unpaired) electrons. The number of carbonyl (C=O) groups excluding carboxylic acids is 1. The van der Waals surface area contributed by atoms with Crippen LogP contribution in [0.4, 0.5) is 13.2 Å². The zero-order valence-electron chi connectivity index (χ0n) is 11.7. The first-order valence-electron chi connectivity index (χ1n) is 6.52. The largest absolute Gasteiger partial charge is 0.467 e. The Bertz CT molecular complexity index is 554. The highest BCUT2D eigenvalue weighted by atomic mass is 35.5. The van der Waals surface area contributed by atoms with Gasteiger partial charge < -0.3 is 14.4 Å². The third-order valence-corrected chi connectivity index (χ3v) is 3.23. The van der Waals surface area contributed by atoms with Crippen LogP contribution >= 0.6 is 11.6 Å². The molecular weight excluding hydrogens is 325 g/mol. The van der Waals surface area contributed by atoms with Gasteiger partial charge in [0.2, 0.25) is 5.88 Å². The maximum atomic E-state index is 12.3. The molecule has 1 aromatic heterocycles. The van der Waals surface area contributed by atoms with Gasteiger partial charge in [-0.05, 0) is 13.0 Å². The Morgan fingerprint density at radius 1 is 1.59 bits per heavy atom. The van der Waals surface area contributed by atoms with Crippen LogP contribution in [0.1, 0.15) is 17.3 Å². The van der Waals surface area contributed by atoms with E-state index < -0.39 is 12.8 Å². The molecule has 5 nitrogen and oxygen atoms in total. The number of pyridine rings is 1. The van der Waals surface area contributed by atoms with Crippen LogP contribution in [-0.2, 0) is 4.74 Å².